The van der Waals surface area contributed by atoms with E-state index in [1.165, 1.54) is 12.1 Å². The minimum atomic E-state index is -1.34. The maximum atomic E-state index is 13.3. The normalized spacial score (nSPS) is 14.5. The zero-order chi connectivity index (χ0) is 22.7. The van der Waals surface area contributed by atoms with E-state index in [0.717, 1.165) is 55.6 Å². The highest BCUT2D eigenvalue weighted by Gasteiger charge is 2.31. The van der Waals surface area contributed by atoms with Crippen LogP contribution in [0.25, 0.3) is 0 Å². The predicted octanol–water partition coefficient (Wildman–Crippen LogP) is 4.13. The van der Waals surface area contributed by atoms with E-state index in [2.05, 4.69) is 4.90 Å². The van der Waals surface area contributed by atoms with E-state index < -0.39 is 11.8 Å². The van der Waals surface area contributed by atoms with Crippen molar-refractivity contribution in [2.24, 2.45) is 0 Å². The summed E-state index contributed by atoms with van der Waals surface area (Å²) in [5, 5.41) is 20.4. The number of carbonyl (C=O) groups excluding carboxylic acids is 3. The number of carbonyl (C=O) groups is 2. The zero-order valence-corrected chi connectivity index (χ0v) is 17.9. The molecule has 0 aromatic heterocycles. The van der Waals surface area contributed by atoms with Crippen LogP contribution in [0.2, 0.25) is 10.0 Å². The maximum Gasteiger partial charge on any atom is 0.373 e. The fourth-order valence-electron chi connectivity index (χ4n) is 4.29. The standard InChI is InChI=1S/C21H19Cl2NO4.CO2/c22-14-6-7-15(23)17(21(27)28)16(14)20(26)13-10-11-4-1-2-8-24-9-3-5-12(18(11)24)19(13)25;2-1-3/h6-7,10,25H,1-5,8-9H2,(H,27,28);. The number of aromatic carboxylic acids is 1. The summed E-state index contributed by atoms with van der Waals surface area (Å²) in [5.74, 6) is -2.04. The van der Waals surface area contributed by atoms with Gasteiger partial charge in [0, 0.05) is 24.3 Å². The summed E-state index contributed by atoms with van der Waals surface area (Å²) in [5.41, 5.74) is 2.37. The molecule has 162 valence electrons. The van der Waals surface area contributed by atoms with E-state index in [0.29, 0.717) is 6.42 Å². The number of ketones is 1. The zero-order valence-electron chi connectivity index (χ0n) is 16.4. The minimum Gasteiger partial charge on any atom is -0.507 e. The Kier molecular flexibility index (Phi) is 7.01. The number of aryl methyl sites for hydroxylation is 1. The van der Waals surface area contributed by atoms with Gasteiger partial charge in [-0.3, -0.25) is 4.79 Å². The summed E-state index contributed by atoms with van der Waals surface area (Å²) in [6.07, 6.45) is 4.70. The molecule has 0 bridgehead atoms. The van der Waals surface area contributed by atoms with Gasteiger partial charge in [-0.25, -0.2) is 4.79 Å². The van der Waals surface area contributed by atoms with Crippen LogP contribution in [0, 0.1) is 0 Å². The Balaban J connectivity index is 0.000000858. The maximum absolute atomic E-state index is 13.3. The molecule has 0 aliphatic carbocycles. The van der Waals surface area contributed by atoms with Gasteiger partial charge in [0.05, 0.1) is 26.7 Å². The molecule has 0 radical (unpaired) electrons. The lowest BCUT2D eigenvalue weighted by Gasteiger charge is -2.33. The van der Waals surface area contributed by atoms with Gasteiger partial charge in [-0.15, -0.1) is 0 Å². The summed E-state index contributed by atoms with van der Waals surface area (Å²) in [7, 11) is 0. The van der Waals surface area contributed by atoms with Gasteiger partial charge in [0.25, 0.3) is 0 Å². The van der Waals surface area contributed by atoms with Crippen molar-refractivity contribution in [3.05, 3.63) is 56.1 Å². The highest BCUT2D eigenvalue weighted by molar-refractivity contribution is 6.39. The van der Waals surface area contributed by atoms with Crippen molar-refractivity contribution in [2.75, 3.05) is 18.0 Å². The second-order valence-corrected chi connectivity index (χ2v) is 8.12. The van der Waals surface area contributed by atoms with Crippen LogP contribution in [-0.2, 0) is 22.4 Å². The topological polar surface area (TPSA) is 112 Å². The third kappa shape index (κ3) is 4.30. The lowest BCUT2D eigenvalue weighted by atomic mass is 9.89. The van der Waals surface area contributed by atoms with Crippen molar-refractivity contribution in [3.8, 4) is 5.75 Å². The van der Waals surface area contributed by atoms with E-state index in [1.54, 1.807) is 6.07 Å². The third-order valence-corrected chi connectivity index (χ3v) is 6.16. The van der Waals surface area contributed by atoms with Crippen LogP contribution in [0.3, 0.4) is 0 Å². The van der Waals surface area contributed by atoms with Crippen LogP contribution in [0.4, 0.5) is 5.69 Å². The number of benzene rings is 2. The molecule has 0 saturated carbocycles. The van der Waals surface area contributed by atoms with Gasteiger partial charge < -0.3 is 15.1 Å². The monoisotopic (exact) mass is 463 g/mol. The van der Waals surface area contributed by atoms with Crippen molar-refractivity contribution in [3.63, 3.8) is 0 Å². The molecule has 2 heterocycles. The summed E-state index contributed by atoms with van der Waals surface area (Å²) in [6, 6.07) is 4.45. The molecule has 2 N–H and O–H groups in total. The number of aromatic hydroxyl groups is 1. The molecule has 9 heteroatoms. The van der Waals surface area contributed by atoms with Crippen LogP contribution in [0.15, 0.2) is 18.2 Å². The van der Waals surface area contributed by atoms with E-state index in [4.69, 9.17) is 32.8 Å². The molecular weight excluding hydrogens is 445 g/mol. The highest BCUT2D eigenvalue weighted by atomic mass is 35.5. The predicted molar refractivity (Wildman–Crippen MR) is 113 cm³/mol. The largest absolute Gasteiger partial charge is 0.507 e. The quantitative estimate of drug-likeness (QED) is 0.657. The number of rotatable bonds is 3. The van der Waals surface area contributed by atoms with Crippen molar-refractivity contribution >= 4 is 46.8 Å². The number of carboxylic acid groups (broad SMARTS) is 1. The molecule has 2 aromatic rings. The van der Waals surface area contributed by atoms with Gasteiger partial charge in [-0.05, 0) is 55.9 Å². The van der Waals surface area contributed by atoms with Crippen LogP contribution >= 0.6 is 23.2 Å². The number of nitrogens with zero attached hydrogens (tertiary/aromatic N) is 1. The molecule has 2 aliphatic heterocycles. The van der Waals surface area contributed by atoms with Crippen molar-refractivity contribution in [2.45, 2.75) is 32.1 Å². The van der Waals surface area contributed by atoms with Crippen molar-refractivity contribution in [1.82, 2.24) is 0 Å². The van der Waals surface area contributed by atoms with Gasteiger partial charge in [-0.2, -0.15) is 9.59 Å². The SMILES string of the molecule is O=C(O)c1c(Cl)ccc(Cl)c1C(=O)c1cc2c3c(c1O)CCCN3CCCC2.O=C=O. The highest BCUT2D eigenvalue weighted by Crippen LogP contribution is 2.43. The van der Waals surface area contributed by atoms with Crippen LogP contribution in [0.1, 0.15) is 56.7 Å². The molecular formula is C22H19Cl2NO6. The Bertz CT molecular complexity index is 1090. The summed E-state index contributed by atoms with van der Waals surface area (Å²) in [4.78, 5) is 43.6. The van der Waals surface area contributed by atoms with Gasteiger partial charge in [0.2, 0.25) is 0 Å². The first-order valence-electron chi connectivity index (χ1n) is 9.69. The number of hydrogen-bond donors (Lipinski definition) is 2. The first-order valence-corrected chi connectivity index (χ1v) is 10.4. The van der Waals surface area contributed by atoms with Crippen molar-refractivity contribution in [1.29, 1.82) is 0 Å². The summed E-state index contributed by atoms with van der Waals surface area (Å²) >= 11 is 12.2. The van der Waals surface area contributed by atoms with E-state index in [1.807, 2.05) is 0 Å². The number of phenolic OH excluding ortho intramolecular Hbond substituents is 1. The number of halogens is 2. The fraction of sp³-hybridized carbons (Fsp3) is 0.318. The van der Waals surface area contributed by atoms with Crippen LogP contribution in [-0.4, -0.2) is 41.2 Å². The number of hydrogen-bond acceptors (Lipinski definition) is 6. The molecule has 0 unspecified atom stereocenters. The Hall–Kier alpha value is -2.86. The Labute approximate surface area is 188 Å². The van der Waals surface area contributed by atoms with E-state index in [-0.39, 0.29) is 38.6 Å². The lowest BCUT2D eigenvalue weighted by Crippen LogP contribution is -2.30. The number of carboxylic acids is 1. The Morgan fingerprint density at radius 1 is 0.968 bits per heavy atom. The molecule has 31 heavy (non-hydrogen) atoms. The summed E-state index contributed by atoms with van der Waals surface area (Å²) in [6.45, 7) is 1.88. The fourth-order valence-corrected chi connectivity index (χ4v) is 4.77. The Morgan fingerprint density at radius 2 is 1.58 bits per heavy atom. The molecule has 0 amide bonds. The van der Waals surface area contributed by atoms with Gasteiger partial charge in [0.15, 0.2) is 5.78 Å². The van der Waals surface area contributed by atoms with E-state index in [9.17, 15) is 19.8 Å². The molecule has 2 aliphatic rings. The molecule has 0 spiro atoms. The van der Waals surface area contributed by atoms with Gasteiger partial charge in [-0.1, -0.05) is 23.2 Å². The first kappa shape index (κ1) is 22.8. The second-order valence-electron chi connectivity index (χ2n) is 7.30. The minimum absolute atomic E-state index is 0.00332. The smallest absolute Gasteiger partial charge is 0.373 e. The lowest BCUT2D eigenvalue weighted by molar-refractivity contribution is -0.191. The molecule has 4 rings (SSSR count). The van der Waals surface area contributed by atoms with Gasteiger partial charge in [0.1, 0.15) is 5.75 Å². The molecule has 0 atom stereocenters. The second kappa shape index (κ2) is 9.52. The molecule has 0 saturated heterocycles. The van der Waals surface area contributed by atoms with Crippen LogP contribution < -0.4 is 4.90 Å². The summed E-state index contributed by atoms with van der Waals surface area (Å²) < 4.78 is 0. The third-order valence-electron chi connectivity index (χ3n) is 5.53. The molecule has 0 fully saturated rings. The van der Waals surface area contributed by atoms with Crippen LogP contribution in [0.5, 0.6) is 5.75 Å². The average Bonchev–Trinajstić information content (AvgIpc) is 2.95. The molecule has 2 aromatic carbocycles. The van der Waals surface area contributed by atoms with E-state index >= 15 is 0 Å². The Morgan fingerprint density at radius 3 is 2.23 bits per heavy atom. The van der Waals surface area contributed by atoms with Crippen molar-refractivity contribution < 1.29 is 29.4 Å². The number of anilines is 1. The average molecular weight is 464 g/mol. The first-order chi connectivity index (χ1) is 14.8. The molecule has 7 nitrogen and oxygen atoms in total. The van der Waals surface area contributed by atoms with Gasteiger partial charge >= 0.3 is 12.1 Å². The number of phenols is 1.